The highest BCUT2D eigenvalue weighted by atomic mass is 35.5. The Morgan fingerprint density at radius 2 is 1.79 bits per heavy atom. The molecule has 1 aromatic heterocycles. The van der Waals surface area contributed by atoms with Gasteiger partial charge < -0.3 is 0 Å². The average Bonchev–Trinajstić information content (AvgIpc) is 3.38. The third-order valence-corrected chi connectivity index (χ3v) is 6.04. The van der Waals surface area contributed by atoms with Crippen molar-refractivity contribution in [2.75, 3.05) is 4.72 Å². The Morgan fingerprint density at radius 1 is 1.10 bits per heavy atom. The molecule has 0 aliphatic heterocycles. The summed E-state index contributed by atoms with van der Waals surface area (Å²) in [6, 6.07) is 8.92. The SMILES string of the molecule is O=S(=O)(Nc1ccc(-c2nnnn2C2CC2)cc1)c1ccc(Cl)c(C(F)(F)F)c1. The van der Waals surface area contributed by atoms with Crippen molar-refractivity contribution in [1.29, 1.82) is 0 Å². The fourth-order valence-corrected chi connectivity index (χ4v) is 4.05. The van der Waals surface area contributed by atoms with Gasteiger partial charge in [0.1, 0.15) is 0 Å². The number of sulfonamides is 1. The summed E-state index contributed by atoms with van der Waals surface area (Å²) in [5.41, 5.74) is -0.345. The first-order chi connectivity index (χ1) is 13.6. The van der Waals surface area contributed by atoms with Crippen LogP contribution in [0, 0.1) is 0 Å². The minimum absolute atomic E-state index is 0.183. The van der Waals surface area contributed by atoms with Crippen LogP contribution in [0.1, 0.15) is 24.4 Å². The zero-order valence-electron chi connectivity index (χ0n) is 14.6. The molecule has 0 spiro atoms. The van der Waals surface area contributed by atoms with Gasteiger partial charge in [0.05, 0.1) is 21.5 Å². The second-order valence-electron chi connectivity index (χ2n) is 6.50. The zero-order valence-corrected chi connectivity index (χ0v) is 16.1. The molecule has 1 heterocycles. The molecule has 29 heavy (non-hydrogen) atoms. The molecule has 0 atom stereocenters. The molecule has 1 saturated carbocycles. The van der Waals surface area contributed by atoms with Gasteiger partial charge in [-0.3, -0.25) is 4.72 Å². The standard InChI is InChI=1S/C17H13ClF3N5O2S/c18-15-8-7-13(9-14(15)17(19,20)21)29(27,28)23-11-3-1-10(2-4-11)16-22-24-25-26(16)12-5-6-12/h1-4,7-9,12,23H,5-6H2. The van der Waals surface area contributed by atoms with E-state index in [4.69, 9.17) is 11.6 Å². The number of alkyl halides is 3. The second-order valence-corrected chi connectivity index (χ2v) is 8.59. The smallest absolute Gasteiger partial charge is 0.280 e. The molecule has 0 unspecified atom stereocenters. The maximum absolute atomic E-state index is 13.0. The van der Waals surface area contributed by atoms with Crippen molar-refractivity contribution < 1.29 is 21.6 Å². The lowest BCUT2D eigenvalue weighted by Crippen LogP contribution is -2.15. The summed E-state index contributed by atoms with van der Waals surface area (Å²) in [7, 11) is -4.25. The maximum Gasteiger partial charge on any atom is 0.417 e. The Bertz CT molecular complexity index is 1160. The van der Waals surface area contributed by atoms with Gasteiger partial charge in [0.25, 0.3) is 10.0 Å². The Hall–Kier alpha value is -2.66. The number of aromatic nitrogens is 4. The van der Waals surface area contributed by atoms with Crippen LogP contribution in [0.3, 0.4) is 0 Å². The van der Waals surface area contributed by atoms with Crippen LogP contribution >= 0.6 is 11.6 Å². The maximum atomic E-state index is 13.0. The molecular formula is C17H13ClF3N5O2S. The predicted octanol–water partition coefficient (Wildman–Crippen LogP) is 4.15. The van der Waals surface area contributed by atoms with Gasteiger partial charge in [-0.05, 0) is 65.7 Å². The monoisotopic (exact) mass is 443 g/mol. The average molecular weight is 444 g/mol. The van der Waals surface area contributed by atoms with E-state index >= 15 is 0 Å². The molecule has 3 aromatic rings. The van der Waals surface area contributed by atoms with Crippen LogP contribution in [0.15, 0.2) is 47.4 Å². The second kappa shape index (κ2) is 6.99. The Balaban J connectivity index is 1.58. The lowest BCUT2D eigenvalue weighted by Gasteiger charge is -2.13. The number of nitrogens with one attached hydrogen (secondary N) is 1. The number of halogens is 4. The van der Waals surface area contributed by atoms with Crippen LogP contribution in [0.4, 0.5) is 18.9 Å². The fourth-order valence-electron chi connectivity index (χ4n) is 2.74. The number of hydrogen-bond donors (Lipinski definition) is 1. The summed E-state index contributed by atoms with van der Waals surface area (Å²) < 4.78 is 68.0. The van der Waals surface area contributed by atoms with Crippen LogP contribution in [0.2, 0.25) is 5.02 Å². The third-order valence-electron chi connectivity index (χ3n) is 4.33. The van der Waals surface area contributed by atoms with Crippen LogP contribution in [0.5, 0.6) is 0 Å². The number of hydrogen-bond acceptors (Lipinski definition) is 5. The molecule has 12 heteroatoms. The summed E-state index contributed by atoms with van der Waals surface area (Å²) in [5, 5.41) is 11.0. The van der Waals surface area contributed by atoms with Crippen molar-refractivity contribution in [3.05, 3.63) is 53.1 Å². The number of nitrogens with zero attached hydrogens (tertiary/aromatic N) is 4. The zero-order chi connectivity index (χ0) is 20.8. The Labute approximate surface area is 168 Å². The summed E-state index contributed by atoms with van der Waals surface area (Å²) >= 11 is 5.54. The molecule has 0 amide bonds. The van der Waals surface area contributed by atoms with E-state index in [1.54, 1.807) is 16.8 Å². The largest absolute Gasteiger partial charge is 0.417 e. The topological polar surface area (TPSA) is 89.8 Å². The van der Waals surface area contributed by atoms with Crippen molar-refractivity contribution in [3.8, 4) is 11.4 Å². The van der Waals surface area contributed by atoms with Crippen LogP contribution in [0.25, 0.3) is 11.4 Å². The molecule has 1 fully saturated rings. The highest BCUT2D eigenvalue weighted by molar-refractivity contribution is 7.92. The van der Waals surface area contributed by atoms with Crippen molar-refractivity contribution >= 4 is 27.3 Å². The number of anilines is 1. The molecule has 152 valence electrons. The van der Waals surface area contributed by atoms with E-state index in [9.17, 15) is 21.6 Å². The first-order valence-electron chi connectivity index (χ1n) is 8.43. The van der Waals surface area contributed by atoms with Gasteiger partial charge in [-0.1, -0.05) is 11.6 Å². The van der Waals surface area contributed by atoms with E-state index in [-0.39, 0.29) is 11.7 Å². The quantitative estimate of drug-likeness (QED) is 0.639. The molecule has 7 nitrogen and oxygen atoms in total. The molecule has 0 radical (unpaired) electrons. The van der Waals surface area contributed by atoms with Crippen LogP contribution < -0.4 is 4.72 Å². The van der Waals surface area contributed by atoms with Gasteiger partial charge in [0, 0.05) is 11.3 Å². The van der Waals surface area contributed by atoms with Crippen molar-refractivity contribution in [2.45, 2.75) is 30.0 Å². The highest BCUT2D eigenvalue weighted by Gasteiger charge is 2.34. The lowest BCUT2D eigenvalue weighted by atomic mass is 10.2. The molecular weight excluding hydrogens is 431 g/mol. The normalized spacial score (nSPS) is 14.8. The van der Waals surface area contributed by atoms with Crippen molar-refractivity contribution in [3.63, 3.8) is 0 Å². The summed E-state index contributed by atoms with van der Waals surface area (Å²) in [6.45, 7) is 0. The molecule has 2 aromatic carbocycles. The third kappa shape index (κ3) is 4.06. The molecule has 4 rings (SSSR count). The fraction of sp³-hybridized carbons (Fsp3) is 0.235. The Morgan fingerprint density at radius 3 is 2.41 bits per heavy atom. The van der Waals surface area contributed by atoms with Gasteiger partial charge in [-0.25, -0.2) is 13.1 Å². The van der Waals surface area contributed by atoms with E-state index in [1.165, 1.54) is 12.1 Å². The van der Waals surface area contributed by atoms with Crippen molar-refractivity contribution in [2.24, 2.45) is 0 Å². The van der Waals surface area contributed by atoms with E-state index in [0.29, 0.717) is 17.5 Å². The molecule has 1 N–H and O–H groups in total. The summed E-state index contributed by atoms with van der Waals surface area (Å²) in [4.78, 5) is -0.545. The van der Waals surface area contributed by atoms with E-state index < -0.39 is 31.7 Å². The minimum atomic E-state index is -4.77. The van der Waals surface area contributed by atoms with Gasteiger partial charge >= 0.3 is 6.18 Å². The number of benzene rings is 2. The minimum Gasteiger partial charge on any atom is -0.280 e. The van der Waals surface area contributed by atoms with Gasteiger partial charge in [0.15, 0.2) is 5.82 Å². The number of rotatable bonds is 5. The Kier molecular flexibility index (Phi) is 4.74. The highest BCUT2D eigenvalue weighted by Crippen LogP contribution is 2.37. The van der Waals surface area contributed by atoms with Gasteiger partial charge in [0.2, 0.25) is 0 Å². The summed E-state index contributed by atoms with van der Waals surface area (Å²) in [5.74, 6) is 0.564. The predicted molar refractivity (Wildman–Crippen MR) is 98.8 cm³/mol. The number of tetrazole rings is 1. The lowest BCUT2D eigenvalue weighted by molar-refractivity contribution is -0.137. The first-order valence-corrected chi connectivity index (χ1v) is 10.3. The molecule has 0 saturated heterocycles. The van der Waals surface area contributed by atoms with E-state index in [0.717, 1.165) is 25.0 Å². The molecule has 0 bridgehead atoms. The summed E-state index contributed by atoms with van der Waals surface area (Å²) in [6.07, 6.45) is -2.77. The van der Waals surface area contributed by atoms with Gasteiger partial charge in [-0.15, -0.1) is 5.10 Å². The van der Waals surface area contributed by atoms with Crippen LogP contribution in [-0.4, -0.2) is 28.6 Å². The molecule has 1 aliphatic rings. The first kappa shape index (κ1) is 19.6. The van der Waals surface area contributed by atoms with E-state index in [2.05, 4.69) is 20.2 Å². The van der Waals surface area contributed by atoms with Crippen molar-refractivity contribution in [1.82, 2.24) is 20.2 Å². The molecule has 1 aliphatic carbocycles. The van der Waals surface area contributed by atoms with Gasteiger partial charge in [-0.2, -0.15) is 13.2 Å². The van der Waals surface area contributed by atoms with Crippen LogP contribution in [-0.2, 0) is 16.2 Å². The van der Waals surface area contributed by atoms with E-state index in [1.807, 2.05) is 0 Å².